The van der Waals surface area contributed by atoms with Gasteiger partial charge >= 0.3 is 5.97 Å². The number of carboxylic acid groups (broad SMARTS) is 1. The maximum absolute atomic E-state index is 10.9. The van der Waals surface area contributed by atoms with Crippen molar-refractivity contribution >= 4 is 11.8 Å². The molecule has 0 aromatic carbocycles. The fraction of sp³-hybridized carbons (Fsp3) is 0.500. The van der Waals surface area contributed by atoms with E-state index >= 15 is 0 Å². The largest absolute Gasteiger partial charge is 0.478 e. The number of nitrogens with zero attached hydrogens (tertiary/aromatic N) is 1. The Bertz CT molecular complexity index is 425. The lowest BCUT2D eigenvalue weighted by atomic mass is 9.78. The second-order valence-electron chi connectivity index (χ2n) is 4.73. The van der Waals surface area contributed by atoms with Crippen LogP contribution in [0, 0.1) is 6.92 Å². The van der Waals surface area contributed by atoms with Gasteiger partial charge in [-0.05, 0) is 45.2 Å². The Labute approximate surface area is 94.7 Å². The van der Waals surface area contributed by atoms with E-state index in [1.54, 1.807) is 19.1 Å². The van der Waals surface area contributed by atoms with Crippen molar-refractivity contribution < 1.29 is 9.90 Å². The lowest BCUT2D eigenvalue weighted by Gasteiger charge is -2.39. The maximum Gasteiger partial charge on any atom is 0.335 e. The van der Waals surface area contributed by atoms with Crippen LogP contribution in [0.5, 0.6) is 0 Å². The van der Waals surface area contributed by atoms with Crippen molar-refractivity contribution in [3.63, 3.8) is 0 Å². The first kappa shape index (κ1) is 10.9. The number of hydrogen-bond acceptors (Lipinski definition) is 3. The molecule has 16 heavy (non-hydrogen) atoms. The highest BCUT2D eigenvalue weighted by Gasteiger charge is 2.31. The van der Waals surface area contributed by atoms with Gasteiger partial charge in [0, 0.05) is 11.2 Å². The lowest BCUT2D eigenvalue weighted by Crippen LogP contribution is -2.41. The van der Waals surface area contributed by atoms with Crippen molar-refractivity contribution in [3.8, 4) is 0 Å². The number of carboxylic acids is 1. The van der Waals surface area contributed by atoms with Crippen molar-refractivity contribution in [2.45, 2.75) is 38.6 Å². The van der Waals surface area contributed by atoms with Crippen molar-refractivity contribution in [1.82, 2.24) is 4.98 Å². The molecule has 0 amide bonds. The molecular formula is C12H16N2O2. The zero-order valence-corrected chi connectivity index (χ0v) is 9.58. The molecule has 0 atom stereocenters. The van der Waals surface area contributed by atoms with E-state index in [2.05, 4.69) is 17.2 Å². The number of anilines is 1. The van der Waals surface area contributed by atoms with Gasteiger partial charge in [-0.25, -0.2) is 9.78 Å². The molecule has 4 nitrogen and oxygen atoms in total. The minimum Gasteiger partial charge on any atom is -0.478 e. The van der Waals surface area contributed by atoms with Crippen molar-refractivity contribution in [1.29, 1.82) is 0 Å². The number of nitrogens with one attached hydrogen (secondary N) is 1. The maximum atomic E-state index is 10.9. The van der Waals surface area contributed by atoms with Crippen LogP contribution in [0.3, 0.4) is 0 Å². The molecule has 2 rings (SSSR count). The Kier molecular flexibility index (Phi) is 2.58. The summed E-state index contributed by atoms with van der Waals surface area (Å²) in [6.45, 7) is 3.95. The van der Waals surface area contributed by atoms with Gasteiger partial charge in [-0.15, -0.1) is 0 Å². The third-order valence-corrected chi connectivity index (χ3v) is 3.09. The Balaban J connectivity index is 2.23. The van der Waals surface area contributed by atoms with Gasteiger partial charge in [0.25, 0.3) is 0 Å². The third-order valence-electron chi connectivity index (χ3n) is 3.09. The zero-order valence-electron chi connectivity index (χ0n) is 9.58. The van der Waals surface area contributed by atoms with E-state index < -0.39 is 5.97 Å². The third kappa shape index (κ3) is 2.15. The van der Waals surface area contributed by atoms with Crippen LogP contribution < -0.4 is 5.32 Å². The first-order valence-electron chi connectivity index (χ1n) is 5.49. The Hall–Kier alpha value is -1.58. The number of rotatable bonds is 3. The molecule has 86 valence electrons. The van der Waals surface area contributed by atoms with Crippen LogP contribution in [-0.4, -0.2) is 21.6 Å². The highest BCUT2D eigenvalue weighted by Crippen LogP contribution is 2.34. The van der Waals surface area contributed by atoms with E-state index in [4.69, 9.17) is 5.11 Å². The van der Waals surface area contributed by atoms with Crippen LogP contribution in [0.4, 0.5) is 5.82 Å². The summed E-state index contributed by atoms with van der Waals surface area (Å²) < 4.78 is 0. The number of aromatic nitrogens is 1. The first-order valence-corrected chi connectivity index (χ1v) is 5.49. The van der Waals surface area contributed by atoms with Gasteiger partial charge in [-0.1, -0.05) is 0 Å². The standard InChI is InChI=1S/C12H16N2O2/c1-8-6-9(11(15)16)7-10(13-8)14-12(2)4-3-5-12/h6-7H,3-5H2,1-2H3,(H,13,14)(H,15,16). The molecule has 1 aromatic heterocycles. The summed E-state index contributed by atoms with van der Waals surface area (Å²) in [5.74, 6) is -0.244. The summed E-state index contributed by atoms with van der Waals surface area (Å²) in [7, 11) is 0. The Morgan fingerprint density at radius 2 is 2.19 bits per heavy atom. The quantitative estimate of drug-likeness (QED) is 0.821. The molecule has 0 spiro atoms. The van der Waals surface area contributed by atoms with Gasteiger partial charge < -0.3 is 10.4 Å². The van der Waals surface area contributed by atoms with Gasteiger partial charge in [0.05, 0.1) is 5.56 Å². The molecule has 0 bridgehead atoms. The molecule has 0 radical (unpaired) electrons. The van der Waals surface area contributed by atoms with Gasteiger partial charge in [-0.3, -0.25) is 0 Å². The summed E-state index contributed by atoms with van der Waals surface area (Å²) in [5, 5.41) is 12.3. The van der Waals surface area contributed by atoms with E-state index in [0.717, 1.165) is 18.5 Å². The molecule has 2 N–H and O–H groups in total. The SMILES string of the molecule is Cc1cc(C(=O)O)cc(NC2(C)CCC2)n1. The number of carbonyl (C=O) groups is 1. The average Bonchev–Trinajstić information content (AvgIpc) is 2.14. The Morgan fingerprint density at radius 3 is 2.69 bits per heavy atom. The predicted molar refractivity (Wildman–Crippen MR) is 61.8 cm³/mol. The smallest absolute Gasteiger partial charge is 0.335 e. The number of hydrogen-bond donors (Lipinski definition) is 2. The second-order valence-corrected chi connectivity index (χ2v) is 4.73. The van der Waals surface area contributed by atoms with E-state index in [1.807, 2.05) is 0 Å². The van der Waals surface area contributed by atoms with Gasteiger partial charge in [0.15, 0.2) is 0 Å². The highest BCUT2D eigenvalue weighted by atomic mass is 16.4. The molecular weight excluding hydrogens is 204 g/mol. The average molecular weight is 220 g/mol. The summed E-state index contributed by atoms with van der Waals surface area (Å²) in [6, 6.07) is 3.18. The van der Waals surface area contributed by atoms with Crippen LogP contribution in [0.25, 0.3) is 0 Å². The molecule has 1 saturated carbocycles. The molecule has 0 unspecified atom stereocenters. The van der Waals surface area contributed by atoms with Gasteiger partial charge in [0.2, 0.25) is 0 Å². The second kappa shape index (κ2) is 3.77. The highest BCUT2D eigenvalue weighted by molar-refractivity contribution is 5.88. The minimum atomic E-state index is -0.910. The van der Waals surface area contributed by atoms with Crippen molar-refractivity contribution in [2.75, 3.05) is 5.32 Å². The van der Waals surface area contributed by atoms with E-state index in [-0.39, 0.29) is 11.1 Å². The summed E-state index contributed by atoms with van der Waals surface area (Å²) >= 11 is 0. The fourth-order valence-corrected chi connectivity index (χ4v) is 2.00. The van der Waals surface area contributed by atoms with Crippen LogP contribution in [0.2, 0.25) is 0 Å². The van der Waals surface area contributed by atoms with Gasteiger partial charge in [0.1, 0.15) is 5.82 Å². The van der Waals surface area contributed by atoms with E-state index in [1.165, 1.54) is 6.42 Å². The van der Waals surface area contributed by atoms with Crippen molar-refractivity contribution in [2.24, 2.45) is 0 Å². The van der Waals surface area contributed by atoms with Crippen LogP contribution in [-0.2, 0) is 0 Å². The first-order chi connectivity index (χ1) is 7.48. The zero-order chi connectivity index (χ0) is 11.8. The molecule has 1 aliphatic rings. The topological polar surface area (TPSA) is 62.2 Å². The summed E-state index contributed by atoms with van der Waals surface area (Å²) in [4.78, 5) is 15.2. The lowest BCUT2D eigenvalue weighted by molar-refractivity contribution is 0.0696. The molecule has 1 aliphatic carbocycles. The minimum absolute atomic E-state index is 0.0938. The normalized spacial score (nSPS) is 17.6. The molecule has 0 aliphatic heterocycles. The van der Waals surface area contributed by atoms with Crippen LogP contribution in [0.1, 0.15) is 42.2 Å². The van der Waals surface area contributed by atoms with Crippen LogP contribution >= 0.6 is 0 Å². The number of pyridine rings is 1. The summed E-state index contributed by atoms with van der Waals surface area (Å²) in [6.07, 6.45) is 3.46. The molecule has 1 heterocycles. The molecule has 1 fully saturated rings. The van der Waals surface area contributed by atoms with E-state index in [0.29, 0.717) is 5.82 Å². The number of aromatic carboxylic acids is 1. The Morgan fingerprint density at radius 1 is 1.50 bits per heavy atom. The van der Waals surface area contributed by atoms with Crippen molar-refractivity contribution in [3.05, 3.63) is 23.4 Å². The molecule has 4 heteroatoms. The monoisotopic (exact) mass is 220 g/mol. The predicted octanol–water partition coefficient (Wildman–Crippen LogP) is 2.44. The fourth-order valence-electron chi connectivity index (χ4n) is 2.00. The van der Waals surface area contributed by atoms with Gasteiger partial charge in [-0.2, -0.15) is 0 Å². The number of aryl methyl sites for hydroxylation is 1. The van der Waals surface area contributed by atoms with Crippen LogP contribution in [0.15, 0.2) is 12.1 Å². The summed E-state index contributed by atoms with van der Waals surface area (Å²) in [5.41, 5.74) is 1.11. The molecule has 1 aromatic rings. The van der Waals surface area contributed by atoms with E-state index in [9.17, 15) is 4.79 Å². The molecule has 0 saturated heterocycles.